The predicted molar refractivity (Wildman–Crippen MR) is 110 cm³/mol. The maximum Gasteiger partial charge on any atom is 0.277 e. The number of fused-ring (bicyclic) bond motifs is 1. The van der Waals surface area contributed by atoms with Gasteiger partial charge in [0.2, 0.25) is 5.28 Å². The molecule has 0 aliphatic rings. The number of nitrogens with one attached hydrogen (secondary N) is 3. The van der Waals surface area contributed by atoms with Gasteiger partial charge in [-0.15, -0.1) is 0 Å². The fraction of sp³-hybridized carbons (Fsp3) is 0.200. The fourth-order valence-corrected chi connectivity index (χ4v) is 3.19. The first-order chi connectivity index (χ1) is 14.1. The van der Waals surface area contributed by atoms with Crippen molar-refractivity contribution in [3.63, 3.8) is 0 Å². The van der Waals surface area contributed by atoms with Gasteiger partial charge in [0, 0.05) is 19.2 Å². The number of pyridine rings is 1. The molecule has 0 saturated heterocycles. The zero-order valence-corrected chi connectivity index (χ0v) is 16.1. The largest absolute Gasteiger partial charge is 0.366 e. The zero-order chi connectivity index (χ0) is 20.2. The van der Waals surface area contributed by atoms with E-state index in [2.05, 4.69) is 30.2 Å². The van der Waals surface area contributed by atoms with Crippen molar-refractivity contribution in [1.29, 1.82) is 0 Å². The molecule has 0 spiro atoms. The molecular formula is C20H18ClFN6O. The second-order valence-corrected chi connectivity index (χ2v) is 6.99. The number of aromatic amines is 2. The van der Waals surface area contributed by atoms with Crippen molar-refractivity contribution in [3.8, 4) is 0 Å². The Bertz CT molecular complexity index is 1190. The molecule has 3 aromatic heterocycles. The molecular weight excluding hydrogens is 395 g/mol. The Balaban J connectivity index is 1.30. The summed E-state index contributed by atoms with van der Waals surface area (Å²) in [6.07, 6.45) is 4.15. The van der Waals surface area contributed by atoms with Crippen LogP contribution in [0.2, 0.25) is 5.28 Å². The number of anilines is 1. The number of rotatable bonds is 7. The van der Waals surface area contributed by atoms with Gasteiger partial charge in [0.15, 0.2) is 11.2 Å². The number of halogens is 2. The van der Waals surface area contributed by atoms with Gasteiger partial charge in [-0.2, -0.15) is 4.98 Å². The van der Waals surface area contributed by atoms with Crippen LogP contribution in [0.3, 0.4) is 0 Å². The van der Waals surface area contributed by atoms with E-state index in [0.29, 0.717) is 30.0 Å². The van der Waals surface area contributed by atoms with Crippen LogP contribution in [0.25, 0.3) is 11.2 Å². The van der Waals surface area contributed by atoms with Gasteiger partial charge in [-0.25, -0.2) is 14.4 Å². The standard InChI is InChI=1S/C20H18ClFN6O/c21-20-27-18-17(19(29)28-20)25-16(26-18)6-2-3-12-7-8-15(23-10-12)24-11-13-4-1-5-14(22)9-13/h1,4-5,7-10H,2-3,6,11H2,(H,23,24)(H2,25,26,27,28,29). The normalized spacial score (nSPS) is 11.1. The molecule has 7 nitrogen and oxygen atoms in total. The Morgan fingerprint density at radius 2 is 1.97 bits per heavy atom. The molecule has 0 aliphatic heterocycles. The van der Waals surface area contributed by atoms with Gasteiger partial charge in [-0.1, -0.05) is 18.2 Å². The van der Waals surface area contributed by atoms with Gasteiger partial charge in [0.1, 0.15) is 17.5 Å². The van der Waals surface area contributed by atoms with E-state index in [-0.39, 0.29) is 16.7 Å². The third-order valence-corrected chi connectivity index (χ3v) is 4.63. The molecule has 1 aromatic carbocycles. The third kappa shape index (κ3) is 4.78. The fourth-order valence-electron chi connectivity index (χ4n) is 3.02. The zero-order valence-electron chi connectivity index (χ0n) is 15.4. The van der Waals surface area contributed by atoms with Crippen molar-refractivity contribution in [3.05, 3.63) is 81.0 Å². The summed E-state index contributed by atoms with van der Waals surface area (Å²) >= 11 is 5.75. The molecule has 9 heteroatoms. The SMILES string of the molecule is O=c1[nH]c(Cl)nc2nc(CCCc3ccc(NCc4cccc(F)c4)nc3)[nH]c12. The first-order valence-corrected chi connectivity index (χ1v) is 9.52. The Hall–Kier alpha value is -3.26. The van der Waals surface area contributed by atoms with E-state index >= 15 is 0 Å². The van der Waals surface area contributed by atoms with E-state index in [1.807, 2.05) is 24.4 Å². The minimum Gasteiger partial charge on any atom is -0.366 e. The summed E-state index contributed by atoms with van der Waals surface area (Å²) in [6.45, 7) is 0.507. The lowest BCUT2D eigenvalue weighted by Gasteiger charge is -2.07. The molecule has 3 N–H and O–H groups in total. The minimum absolute atomic E-state index is 0.0257. The highest BCUT2D eigenvalue weighted by molar-refractivity contribution is 6.28. The van der Waals surface area contributed by atoms with Gasteiger partial charge in [-0.05, 0) is 53.8 Å². The van der Waals surface area contributed by atoms with E-state index in [4.69, 9.17) is 11.6 Å². The first kappa shape index (κ1) is 19.1. The van der Waals surface area contributed by atoms with Crippen LogP contribution in [-0.2, 0) is 19.4 Å². The van der Waals surface area contributed by atoms with Crippen molar-refractivity contribution in [2.45, 2.75) is 25.8 Å². The van der Waals surface area contributed by atoms with Crippen molar-refractivity contribution in [2.75, 3.05) is 5.32 Å². The predicted octanol–water partition coefficient (Wildman–Crippen LogP) is 3.62. The number of imidazole rings is 1. The molecule has 0 aliphatic carbocycles. The van der Waals surface area contributed by atoms with E-state index in [1.54, 1.807) is 6.07 Å². The van der Waals surface area contributed by atoms with Gasteiger partial charge >= 0.3 is 0 Å². The lowest BCUT2D eigenvalue weighted by Crippen LogP contribution is -2.07. The molecule has 29 heavy (non-hydrogen) atoms. The number of H-pyrrole nitrogens is 2. The van der Waals surface area contributed by atoms with E-state index in [0.717, 1.165) is 29.8 Å². The summed E-state index contributed by atoms with van der Waals surface area (Å²) in [6, 6.07) is 10.4. The van der Waals surface area contributed by atoms with Crippen LogP contribution in [0.4, 0.5) is 10.2 Å². The highest BCUT2D eigenvalue weighted by Crippen LogP contribution is 2.12. The summed E-state index contributed by atoms with van der Waals surface area (Å²) in [7, 11) is 0. The number of aromatic nitrogens is 5. The maximum atomic E-state index is 13.2. The smallest absolute Gasteiger partial charge is 0.277 e. The average Bonchev–Trinajstić information content (AvgIpc) is 3.10. The first-order valence-electron chi connectivity index (χ1n) is 9.14. The van der Waals surface area contributed by atoms with Crippen LogP contribution >= 0.6 is 11.6 Å². The Morgan fingerprint density at radius 1 is 1.07 bits per heavy atom. The van der Waals surface area contributed by atoms with Crippen LogP contribution < -0.4 is 10.9 Å². The maximum absolute atomic E-state index is 13.2. The highest BCUT2D eigenvalue weighted by Gasteiger charge is 2.09. The van der Waals surface area contributed by atoms with Gasteiger partial charge in [-0.3, -0.25) is 9.78 Å². The van der Waals surface area contributed by atoms with Gasteiger partial charge in [0.05, 0.1) is 0 Å². The molecule has 0 fully saturated rings. The monoisotopic (exact) mass is 412 g/mol. The molecule has 0 saturated carbocycles. The Kier molecular flexibility index (Phi) is 5.53. The van der Waals surface area contributed by atoms with Gasteiger partial charge in [0.25, 0.3) is 5.56 Å². The summed E-state index contributed by atoms with van der Waals surface area (Å²) < 4.78 is 13.2. The topological polar surface area (TPSA) is 99.3 Å². The molecule has 0 unspecified atom stereocenters. The molecule has 0 amide bonds. The number of benzene rings is 1. The third-order valence-electron chi connectivity index (χ3n) is 4.45. The average molecular weight is 413 g/mol. The number of nitrogens with zero attached hydrogens (tertiary/aromatic N) is 3. The van der Waals surface area contributed by atoms with E-state index in [1.165, 1.54) is 12.1 Å². The lowest BCUT2D eigenvalue weighted by atomic mass is 10.1. The molecule has 0 radical (unpaired) electrons. The molecule has 0 bridgehead atoms. The molecule has 4 rings (SSSR count). The molecule has 3 heterocycles. The number of hydrogen-bond donors (Lipinski definition) is 3. The number of aryl methyl sites for hydroxylation is 2. The minimum atomic E-state index is -0.329. The van der Waals surface area contributed by atoms with Crippen molar-refractivity contribution >= 4 is 28.6 Å². The molecule has 0 atom stereocenters. The van der Waals surface area contributed by atoms with Crippen molar-refractivity contribution in [2.24, 2.45) is 0 Å². The summed E-state index contributed by atoms with van der Waals surface area (Å²) in [5.74, 6) is 1.18. The number of hydrogen-bond acceptors (Lipinski definition) is 5. The summed E-state index contributed by atoms with van der Waals surface area (Å²) in [4.78, 5) is 30.0. The van der Waals surface area contributed by atoms with E-state index in [9.17, 15) is 9.18 Å². The van der Waals surface area contributed by atoms with Crippen LogP contribution in [-0.4, -0.2) is 24.9 Å². The van der Waals surface area contributed by atoms with Crippen LogP contribution in [0.5, 0.6) is 0 Å². The second kappa shape index (κ2) is 8.40. The quantitative estimate of drug-likeness (QED) is 0.402. The lowest BCUT2D eigenvalue weighted by molar-refractivity contribution is 0.626. The summed E-state index contributed by atoms with van der Waals surface area (Å²) in [5, 5.41) is 3.20. The summed E-state index contributed by atoms with van der Waals surface area (Å²) in [5.41, 5.74) is 2.28. The van der Waals surface area contributed by atoms with Crippen molar-refractivity contribution in [1.82, 2.24) is 24.9 Å². The van der Waals surface area contributed by atoms with Crippen molar-refractivity contribution < 1.29 is 4.39 Å². The Labute approximate surface area is 170 Å². The van der Waals surface area contributed by atoms with Crippen LogP contribution in [0.1, 0.15) is 23.4 Å². The van der Waals surface area contributed by atoms with E-state index < -0.39 is 0 Å². The van der Waals surface area contributed by atoms with Crippen LogP contribution in [0.15, 0.2) is 47.4 Å². The van der Waals surface area contributed by atoms with Crippen LogP contribution in [0, 0.1) is 5.82 Å². The van der Waals surface area contributed by atoms with Gasteiger partial charge < -0.3 is 10.3 Å². The molecule has 4 aromatic rings. The second-order valence-electron chi connectivity index (χ2n) is 6.63. The Morgan fingerprint density at radius 3 is 2.76 bits per heavy atom. The highest BCUT2D eigenvalue weighted by atomic mass is 35.5. The molecule has 148 valence electrons.